The Kier molecular flexibility index (Phi) is 4.93. The zero-order valence-electron chi connectivity index (χ0n) is 12.6. The third-order valence-corrected chi connectivity index (χ3v) is 6.74. The van der Waals surface area contributed by atoms with E-state index in [1.165, 1.54) is 19.3 Å². The Hall–Kier alpha value is -0.0900. The molecular weight excluding hydrogens is 258 g/mol. The molecular formula is C15H29NO2S. The smallest absolute Gasteiger partial charge is 0.150 e. The maximum atomic E-state index is 11.5. The predicted octanol–water partition coefficient (Wildman–Crippen LogP) is 2.61. The van der Waals surface area contributed by atoms with Crippen LogP contribution in [0.25, 0.3) is 0 Å². The molecule has 2 fully saturated rings. The number of nitrogens with one attached hydrogen (secondary N) is 1. The van der Waals surface area contributed by atoms with Crippen molar-refractivity contribution in [3.05, 3.63) is 0 Å². The Balaban J connectivity index is 1.92. The largest absolute Gasteiger partial charge is 0.311 e. The van der Waals surface area contributed by atoms with Crippen LogP contribution >= 0.6 is 0 Å². The Morgan fingerprint density at radius 3 is 2.26 bits per heavy atom. The van der Waals surface area contributed by atoms with E-state index in [1.54, 1.807) is 0 Å². The topological polar surface area (TPSA) is 46.2 Å². The Labute approximate surface area is 118 Å². The highest BCUT2D eigenvalue weighted by molar-refractivity contribution is 7.91. The molecule has 0 bridgehead atoms. The Bertz CT molecular complexity index is 377. The van der Waals surface area contributed by atoms with Crippen molar-refractivity contribution in [1.82, 2.24) is 5.32 Å². The van der Waals surface area contributed by atoms with Crippen LogP contribution in [0.1, 0.15) is 52.9 Å². The standard InChI is InChI=1S/C15H29NO2S/c1-11(2)14-5-4-12(3)10-15(14)16-13-6-8-19(17,18)9-7-13/h11-16H,4-10H2,1-3H3. The molecule has 4 heteroatoms. The highest BCUT2D eigenvalue weighted by atomic mass is 32.2. The molecule has 1 saturated heterocycles. The van der Waals surface area contributed by atoms with Crippen LogP contribution in [0.15, 0.2) is 0 Å². The van der Waals surface area contributed by atoms with E-state index in [0.717, 1.165) is 30.6 Å². The lowest BCUT2D eigenvalue weighted by Crippen LogP contribution is -2.49. The first-order valence-corrected chi connectivity index (χ1v) is 9.66. The van der Waals surface area contributed by atoms with Crippen molar-refractivity contribution in [2.24, 2.45) is 17.8 Å². The lowest BCUT2D eigenvalue weighted by atomic mass is 9.73. The second-order valence-corrected chi connectivity index (χ2v) is 9.33. The first-order valence-electron chi connectivity index (χ1n) is 7.84. The second kappa shape index (κ2) is 6.13. The van der Waals surface area contributed by atoms with Crippen LogP contribution < -0.4 is 5.32 Å². The van der Waals surface area contributed by atoms with Gasteiger partial charge in [-0.05, 0) is 43.4 Å². The monoisotopic (exact) mass is 287 g/mol. The van der Waals surface area contributed by atoms with Gasteiger partial charge in [0.15, 0.2) is 0 Å². The van der Waals surface area contributed by atoms with Crippen LogP contribution in [0.3, 0.4) is 0 Å². The van der Waals surface area contributed by atoms with Gasteiger partial charge in [0, 0.05) is 12.1 Å². The minimum Gasteiger partial charge on any atom is -0.311 e. The lowest BCUT2D eigenvalue weighted by Gasteiger charge is -2.40. The van der Waals surface area contributed by atoms with Crippen molar-refractivity contribution in [3.8, 4) is 0 Å². The molecule has 0 aromatic rings. The molecule has 3 unspecified atom stereocenters. The molecule has 0 aromatic carbocycles. The van der Waals surface area contributed by atoms with Crippen molar-refractivity contribution >= 4 is 9.84 Å². The third-order valence-electron chi connectivity index (χ3n) is 5.03. The van der Waals surface area contributed by atoms with Crippen molar-refractivity contribution in [2.45, 2.75) is 65.0 Å². The van der Waals surface area contributed by atoms with E-state index >= 15 is 0 Å². The molecule has 1 aliphatic heterocycles. The van der Waals surface area contributed by atoms with E-state index in [4.69, 9.17) is 0 Å². The van der Waals surface area contributed by atoms with Gasteiger partial charge in [-0.2, -0.15) is 0 Å². The molecule has 0 radical (unpaired) electrons. The molecule has 0 aromatic heterocycles. The maximum absolute atomic E-state index is 11.5. The fraction of sp³-hybridized carbons (Fsp3) is 1.00. The number of rotatable bonds is 3. The first-order chi connectivity index (χ1) is 8.87. The highest BCUT2D eigenvalue weighted by Crippen LogP contribution is 2.34. The van der Waals surface area contributed by atoms with Crippen LogP contribution in [0.5, 0.6) is 0 Å². The van der Waals surface area contributed by atoms with E-state index in [1.807, 2.05) is 0 Å². The van der Waals surface area contributed by atoms with E-state index < -0.39 is 9.84 Å². The molecule has 1 aliphatic carbocycles. The zero-order valence-corrected chi connectivity index (χ0v) is 13.4. The molecule has 3 atom stereocenters. The van der Waals surface area contributed by atoms with Gasteiger partial charge >= 0.3 is 0 Å². The summed E-state index contributed by atoms with van der Waals surface area (Å²) >= 11 is 0. The molecule has 1 heterocycles. The summed E-state index contributed by atoms with van der Waals surface area (Å²) in [7, 11) is -2.74. The van der Waals surface area contributed by atoms with Crippen LogP contribution in [-0.2, 0) is 9.84 Å². The average molecular weight is 287 g/mol. The van der Waals surface area contributed by atoms with Gasteiger partial charge in [-0.3, -0.25) is 0 Å². The van der Waals surface area contributed by atoms with E-state index in [-0.39, 0.29) is 0 Å². The van der Waals surface area contributed by atoms with Crippen molar-refractivity contribution in [3.63, 3.8) is 0 Å². The molecule has 1 N–H and O–H groups in total. The molecule has 3 nitrogen and oxygen atoms in total. The minimum absolute atomic E-state index is 0.374. The molecule has 0 amide bonds. The van der Waals surface area contributed by atoms with Gasteiger partial charge in [0.2, 0.25) is 0 Å². The summed E-state index contributed by atoms with van der Waals surface area (Å²) in [4.78, 5) is 0. The number of sulfone groups is 1. The van der Waals surface area contributed by atoms with Crippen molar-refractivity contribution in [1.29, 1.82) is 0 Å². The van der Waals surface area contributed by atoms with Crippen LogP contribution in [-0.4, -0.2) is 32.0 Å². The Morgan fingerprint density at radius 1 is 1.05 bits per heavy atom. The summed E-state index contributed by atoms with van der Waals surface area (Å²) < 4.78 is 23.0. The normalized spacial score (nSPS) is 36.5. The minimum atomic E-state index is -2.74. The molecule has 2 rings (SSSR count). The van der Waals surface area contributed by atoms with Crippen molar-refractivity contribution < 1.29 is 8.42 Å². The summed E-state index contributed by atoms with van der Waals surface area (Å²) in [5.74, 6) is 3.03. The lowest BCUT2D eigenvalue weighted by molar-refractivity contribution is 0.156. The van der Waals surface area contributed by atoms with Crippen LogP contribution in [0.4, 0.5) is 0 Å². The fourth-order valence-corrected chi connectivity index (χ4v) is 5.24. The van der Waals surface area contributed by atoms with Gasteiger partial charge < -0.3 is 5.32 Å². The molecule has 0 spiro atoms. The van der Waals surface area contributed by atoms with Crippen LogP contribution in [0, 0.1) is 17.8 Å². The van der Waals surface area contributed by atoms with Gasteiger partial charge in [-0.15, -0.1) is 0 Å². The van der Waals surface area contributed by atoms with Gasteiger partial charge in [0.1, 0.15) is 9.84 Å². The summed E-state index contributed by atoms with van der Waals surface area (Å²) in [5, 5.41) is 3.79. The summed E-state index contributed by atoms with van der Waals surface area (Å²) in [5.41, 5.74) is 0. The highest BCUT2D eigenvalue weighted by Gasteiger charge is 2.33. The average Bonchev–Trinajstić information content (AvgIpc) is 2.31. The van der Waals surface area contributed by atoms with Gasteiger partial charge in [-0.1, -0.05) is 27.2 Å². The quantitative estimate of drug-likeness (QED) is 0.868. The molecule has 19 heavy (non-hydrogen) atoms. The number of hydrogen-bond acceptors (Lipinski definition) is 3. The molecule has 112 valence electrons. The van der Waals surface area contributed by atoms with Gasteiger partial charge in [-0.25, -0.2) is 8.42 Å². The second-order valence-electron chi connectivity index (χ2n) is 7.03. The van der Waals surface area contributed by atoms with E-state index in [2.05, 4.69) is 26.1 Å². The first kappa shape index (κ1) is 15.3. The zero-order chi connectivity index (χ0) is 14.0. The maximum Gasteiger partial charge on any atom is 0.150 e. The third kappa shape index (κ3) is 4.19. The van der Waals surface area contributed by atoms with E-state index in [9.17, 15) is 8.42 Å². The van der Waals surface area contributed by atoms with E-state index in [0.29, 0.717) is 23.6 Å². The molecule has 1 saturated carbocycles. The Morgan fingerprint density at radius 2 is 1.68 bits per heavy atom. The van der Waals surface area contributed by atoms with Crippen molar-refractivity contribution in [2.75, 3.05) is 11.5 Å². The summed E-state index contributed by atoms with van der Waals surface area (Å²) in [6.45, 7) is 6.98. The SMILES string of the molecule is CC1CCC(C(C)C)C(NC2CCS(=O)(=O)CC2)C1. The van der Waals surface area contributed by atoms with Gasteiger partial charge in [0.25, 0.3) is 0 Å². The van der Waals surface area contributed by atoms with Crippen LogP contribution in [0.2, 0.25) is 0 Å². The predicted molar refractivity (Wildman–Crippen MR) is 79.9 cm³/mol. The fourth-order valence-electron chi connectivity index (χ4n) is 3.75. The summed E-state index contributed by atoms with van der Waals surface area (Å²) in [6, 6.07) is 1.01. The van der Waals surface area contributed by atoms with Gasteiger partial charge in [0.05, 0.1) is 11.5 Å². The number of hydrogen-bond donors (Lipinski definition) is 1. The molecule has 2 aliphatic rings. The summed E-state index contributed by atoms with van der Waals surface area (Å²) in [6.07, 6.45) is 5.53.